The summed E-state index contributed by atoms with van der Waals surface area (Å²) in [5.74, 6) is -2.21. The Kier molecular flexibility index (Phi) is 21.9. The molecule has 0 aliphatic carbocycles. The van der Waals surface area contributed by atoms with Crippen LogP contribution in [0.3, 0.4) is 0 Å². The van der Waals surface area contributed by atoms with Crippen LogP contribution in [0.1, 0.15) is 124 Å². The summed E-state index contributed by atoms with van der Waals surface area (Å²) in [6, 6.07) is -0.147. The summed E-state index contributed by atoms with van der Waals surface area (Å²) in [4.78, 5) is 47.2. The molecule has 0 aromatic rings. The first-order valence-electron chi connectivity index (χ1n) is 14.7. The van der Waals surface area contributed by atoms with Crippen LogP contribution in [-0.2, 0) is 24.1 Å². The zero-order valence-corrected chi connectivity index (χ0v) is 24.4. The van der Waals surface area contributed by atoms with Crippen LogP contribution in [-0.4, -0.2) is 61.0 Å². The van der Waals surface area contributed by atoms with E-state index in [9.17, 15) is 19.5 Å². The third-order valence-electron chi connectivity index (χ3n) is 6.86. The van der Waals surface area contributed by atoms with Gasteiger partial charge in [-0.15, -0.1) is 0 Å². The van der Waals surface area contributed by atoms with E-state index < -0.39 is 36.2 Å². The molecule has 38 heavy (non-hydrogen) atoms. The van der Waals surface area contributed by atoms with E-state index >= 15 is 0 Å². The van der Waals surface area contributed by atoms with E-state index in [2.05, 4.69) is 17.6 Å². The van der Waals surface area contributed by atoms with Crippen molar-refractivity contribution in [2.45, 2.75) is 141 Å². The second-order valence-corrected chi connectivity index (χ2v) is 10.00. The molecule has 3 amide bonds. The van der Waals surface area contributed by atoms with Crippen molar-refractivity contribution in [2.75, 3.05) is 20.3 Å². The standard InChI is InChI=1S/C28H55N3O7/c1-5-8-9-10-11-12-13-14-15-16-17-18-19-20-23(7-3)31-27(35)37-38-28(25(29)33,24(22-32)36-4)26(34)30-21-6-2/h23-24,32H,5-22H2,1-4H3,(H2,29,33)(H,30,34)(H,31,35). The summed E-state index contributed by atoms with van der Waals surface area (Å²) in [6.07, 6.45) is 16.1. The molecule has 0 saturated carbocycles. The smallest absolute Gasteiger partial charge is 0.394 e. The second kappa shape index (κ2) is 23.0. The molecule has 0 spiro atoms. The highest BCUT2D eigenvalue weighted by molar-refractivity contribution is 6.08. The molecule has 0 rings (SSSR count). The fourth-order valence-corrected chi connectivity index (χ4v) is 4.37. The SMILES string of the molecule is CCCCCCCCCCCCCCCC(CC)NC(=O)OOC(C(N)=O)(C(=O)NCCC)C(CO)OC. The number of unbranched alkanes of at least 4 members (excludes halogenated alkanes) is 12. The Bertz CT molecular complexity index is 632. The number of ether oxygens (including phenoxy) is 1. The fraction of sp³-hybridized carbons (Fsp3) is 0.893. The van der Waals surface area contributed by atoms with E-state index in [1.54, 1.807) is 0 Å². The van der Waals surface area contributed by atoms with Gasteiger partial charge in [-0.3, -0.25) is 14.5 Å². The Morgan fingerprint density at radius 1 is 0.842 bits per heavy atom. The Morgan fingerprint density at radius 3 is 1.79 bits per heavy atom. The summed E-state index contributed by atoms with van der Waals surface area (Å²) >= 11 is 0. The van der Waals surface area contributed by atoms with Crippen molar-refractivity contribution in [1.29, 1.82) is 0 Å². The van der Waals surface area contributed by atoms with Crippen molar-refractivity contribution in [1.82, 2.24) is 10.6 Å². The molecule has 3 atom stereocenters. The Morgan fingerprint density at radius 2 is 1.37 bits per heavy atom. The van der Waals surface area contributed by atoms with Crippen molar-refractivity contribution >= 4 is 17.9 Å². The number of hydrogen-bond donors (Lipinski definition) is 4. The quantitative estimate of drug-likeness (QED) is 0.0564. The molecule has 5 N–H and O–H groups in total. The minimum absolute atomic E-state index is 0.147. The Balaban J connectivity index is 4.44. The molecule has 0 aromatic heterocycles. The van der Waals surface area contributed by atoms with Gasteiger partial charge in [0.15, 0.2) is 0 Å². The maximum absolute atomic E-state index is 12.7. The predicted molar refractivity (Wildman–Crippen MR) is 148 cm³/mol. The molecule has 224 valence electrons. The fourth-order valence-electron chi connectivity index (χ4n) is 4.37. The second-order valence-electron chi connectivity index (χ2n) is 10.00. The van der Waals surface area contributed by atoms with Crippen LogP contribution in [0.2, 0.25) is 0 Å². The van der Waals surface area contributed by atoms with Crippen molar-refractivity contribution in [2.24, 2.45) is 5.73 Å². The van der Waals surface area contributed by atoms with Crippen LogP contribution in [0, 0.1) is 0 Å². The van der Waals surface area contributed by atoms with Crippen molar-refractivity contribution in [3.8, 4) is 0 Å². The van der Waals surface area contributed by atoms with E-state index in [0.717, 1.165) is 19.3 Å². The molecule has 10 nitrogen and oxygen atoms in total. The lowest BCUT2D eigenvalue weighted by Crippen LogP contribution is -2.66. The van der Waals surface area contributed by atoms with Crippen LogP contribution < -0.4 is 16.4 Å². The first-order valence-corrected chi connectivity index (χ1v) is 14.7. The van der Waals surface area contributed by atoms with Crippen molar-refractivity contribution < 1.29 is 34.0 Å². The van der Waals surface area contributed by atoms with Gasteiger partial charge in [-0.1, -0.05) is 104 Å². The number of carbonyl (C=O) groups is 3. The van der Waals surface area contributed by atoms with Gasteiger partial charge < -0.3 is 26.2 Å². The number of rotatable bonds is 25. The van der Waals surface area contributed by atoms with Crippen LogP contribution in [0.15, 0.2) is 0 Å². The average Bonchev–Trinajstić information content (AvgIpc) is 2.91. The number of carbonyl (C=O) groups excluding carboxylic acids is 3. The Labute approximate surface area is 230 Å². The van der Waals surface area contributed by atoms with E-state index in [4.69, 9.17) is 20.2 Å². The summed E-state index contributed by atoms with van der Waals surface area (Å²) < 4.78 is 5.04. The zero-order valence-electron chi connectivity index (χ0n) is 24.4. The number of primary amides is 1. The Hall–Kier alpha value is -1.91. The minimum atomic E-state index is -2.53. The average molecular weight is 546 g/mol. The topological polar surface area (TPSA) is 149 Å². The number of nitrogens with one attached hydrogen (secondary N) is 2. The maximum atomic E-state index is 12.7. The first-order chi connectivity index (χ1) is 18.3. The highest BCUT2D eigenvalue weighted by Crippen LogP contribution is 2.21. The van der Waals surface area contributed by atoms with Gasteiger partial charge in [-0.25, -0.2) is 4.79 Å². The molecular formula is C28H55N3O7. The largest absolute Gasteiger partial charge is 0.438 e. The molecule has 0 bridgehead atoms. The number of aliphatic hydroxyl groups is 1. The number of amides is 3. The van der Waals surface area contributed by atoms with Crippen LogP contribution >= 0.6 is 0 Å². The molecule has 0 aliphatic rings. The molecule has 3 unspecified atom stereocenters. The lowest BCUT2D eigenvalue weighted by Gasteiger charge is -2.32. The van der Waals surface area contributed by atoms with Crippen molar-refractivity contribution in [3.05, 3.63) is 0 Å². The summed E-state index contributed by atoms with van der Waals surface area (Å²) in [6.45, 7) is 5.48. The van der Waals surface area contributed by atoms with Crippen LogP contribution in [0.5, 0.6) is 0 Å². The van der Waals surface area contributed by atoms with Gasteiger partial charge in [-0.2, -0.15) is 4.89 Å². The number of methoxy groups -OCH3 is 1. The molecular weight excluding hydrogens is 490 g/mol. The van der Waals surface area contributed by atoms with Gasteiger partial charge >= 0.3 is 6.09 Å². The summed E-state index contributed by atoms with van der Waals surface area (Å²) in [5.41, 5.74) is 2.91. The maximum Gasteiger partial charge on any atom is 0.438 e. The van der Waals surface area contributed by atoms with Crippen molar-refractivity contribution in [3.63, 3.8) is 0 Å². The first kappa shape index (κ1) is 36.1. The summed E-state index contributed by atoms with van der Waals surface area (Å²) in [5, 5.41) is 14.8. The van der Waals surface area contributed by atoms with E-state index in [-0.39, 0.29) is 12.6 Å². The molecule has 10 heteroatoms. The van der Waals surface area contributed by atoms with Gasteiger partial charge in [0.1, 0.15) is 6.10 Å². The molecule has 0 aliphatic heterocycles. The van der Waals surface area contributed by atoms with Gasteiger partial charge in [-0.05, 0) is 19.3 Å². The molecule has 0 aromatic carbocycles. The predicted octanol–water partition coefficient (Wildman–Crippen LogP) is 4.66. The monoisotopic (exact) mass is 545 g/mol. The highest BCUT2D eigenvalue weighted by Gasteiger charge is 2.56. The molecule has 0 saturated heterocycles. The number of hydrogen-bond acceptors (Lipinski definition) is 7. The van der Waals surface area contributed by atoms with E-state index in [1.807, 2.05) is 13.8 Å². The number of aliphatic hydroxyl groups excluding tert-OH is 1. The molecule has 0 heterocycles. The molecule has 0 fully saturated rings. The van der Waals surface area contributed by atoms with Gasteiger partial charge in [0.05, 0.1) is 6.61 Å². The third-order valence-corrected chi connectivity index (χ3v) is 6.86. The lowest BCUT2D eigenvalue weighted by molar-refractivity contribution is -0.317. The normalized spacial score (nSPS) is 14.3. The van der Waals surface area contributed by atoms with Gasteiger partial charge in [0, 0.05) is 19.7 Å². The number of nitrogens with two attached hydrogens (primary N) is 1. The third kappa shape index (κ3) is 14.3. The van der Waals surface area contributed by atoms with Crippen LogP contribution in [0.25, 0.3) is 0 Å². The molecule has 0 radical (unpaired) electrons. The lowest BCUT2D eigenvalue weighted by atomic mass is 9.94. The van der Waals surface area contributed by atoms with Gasteiger partial charge in [0.2, 0.25) is 0 Å². The van der Waals surface area contributed by atoms with Gasteiger partial charge in [0.25, 0.3) is 17.4 Å². The van der Waals surface area contributed by atoms with E-state index in [0.29, 0.717) is 12.8 Å². The van der Waals surface area contributed by atoms with E-state index in [1.165, 1.54) is 77.7 Å². The summed E-state index contributed by atoms with van der Waals surface area (Å²) in [7, 11) is 1.18. The zero-order chi connectivity index (χ0) is 28.7. The highest BCUT2D eigenvalue weighted by atomic mass is 17.2. The van der Waals surface area contributed by atoms with Crippen LogP contribution in [0.4, 0.5) is 4.79 Å². The minimum Gasteiger partial charge on any atom is -0.394 e.